The Morgan fingerprint density at radius 1 is 1.30 bits per heavy atom. The first-order chi connectivity index (χ1) is 9.66. The Morgan fingerprint density at radius 2 is 2.05 bits per heavy atom. The van der Waals surface area contributed by atoms with Crippen molar-refractivity contribution in [1.29, 1.82) is 0 Å². The molecule has 1 heterocycles. The first kappa shape index (κ1) is 13.2. The maximum atomic E-state index is 12.5. The molecule has 4 nitrogen and oxygen atoms in total. The van der Waals surface area contributed by atoms with Gasteiger partial charge in [-0.2, -0.15) is 0 Å². The summed E-state index contributed by atoms with van der Waals surface area (Å²) in [5.41, 5.74) is 6.89. The molecule has 1 aliphatic rings. The van der Waals surface area contributed by atoms with E-state index in [4.69, 9.17) is 10.2 Å². The van der Waals surface area contributed by atoms with E-state index >= 15 is 0 Å². The molecule has 0 radical (unpaired) electrons. The number of nitrogens with two attached hydrogens (primary N) is 1. The molecule has 1 aliphatic carbocycles. The molecule has 0 bridgehead atoms. The minimum absolute atomic E-state index is 0.0714. The van der Waals surface area contributed by atoms with Gasteiger partial charge in [-0.3, -0.25) is 4.79 Å². The zero-order valence-electron chi connectivity index (χ0n) is 11.7. The van der Waals surface area contributed by atoms with E-state index in [0.717, 1.165) is 36.7 Å². The van der Waals surface area contributed by atoms with Gasteiger partial charge in [-0.05, 0) is 25.0 Å². The summed E-state index contributed by atoms with van der Waals surface area (Å²) in [4.78, 5) is 14.3. The Balaban J connectivity index is 1.83. The summed E-state index contributed by atoms with van der Waals surface area (Å²) < 4.78 is 5.64. The summed E-state index contributed by atoms with van der Waals surface area (Å²) in [5, 5.41) is 0.956. The molecule has 20 heavy (non-hydrogen) atoms. The first-order valence-electron chi connectivity index (χ1n) is 7.18. The number of furan rings is 1. The lowest BCUT2D eigenvalue weighted by Crippen LogP contribution is -2.50. The van der Waals surface area contributed by atoms with Crippen molar-refractivity contribution in [2.45, 2.75) is 37.8 Å². The van der Waals surface area contributed by atoms with Crippen LogP contribution in [-0.2, 0) is 0 Å². The van der Waals surface area contributed by atoms with Gasteiger partial charge in [0.2, 0.25) is 0 Å². The SMILES string of the molecule is CN(C(=O)c1cc2ccccc2o1)C1CCCCC1N. The number of rotatable bonds is 2. The van der Waals surface area contributed by atoms with Crippen LogP contribution in [0.15, 0.2) is 34.7 Å². The molecule has 3 rings (SSSR count). The van der Waals surface area contributed by atoms with E-state index in [1.54, 1.807) is 4.90 Å². The standard InChI is InChI=1S/C16H20N2O2/c1-18(13-8-4-3-7-12(13)17)16(19)15-10-11-6-2-5-9-14(11)20-15/h2,5-6,9-10,12-13H,3-4,7-8,17H2,1H3. The molecule has 1 aromatic carbocycles. The molecule has 4 heteroatoms. The van der Waals surface area contributed by atoms with Gasteiger partial charge in [0.1, 0.15) is 5.58 Å². The normalized spacial score (nSPS) is 22.9. The number of carbonyl (C=O) groups excluding carboxylic acids is 1. The fourth-order valence-corrected chi connectivity index (χ4v) is 3.03. The third kappa shape index (κ3) is 2.31. The van der Waals surface area contributed by atoms with Gasteiger partial charge >= 0.3 is 0 Å². The number of fused-ring (bicyclic) bond motifs is 1. The maximum absolute atomic E-state index is 12.5. The summed E-state index contributed by atoms with van der Waals surface area (Å²) in [7, 11) is 1.82. The third-order valence-electron chi connectivity index (χ3n) is 4.24. The van der Waals surface area contributed by atoms with Crippen molar-refractivity contribution < 1.29 is 9.21 Å². The molecule has 2 N–H and O–H groups in total. The summed E-state index contributed by atoms with van der Waals surface area (Å²) in [6.45, 7) is 0. The minimum atomic E-state index is -0.0800. The molecule has 2 aromatic rings. The van der Waals surface area contributed by atoms with Crippen LogP contribution >= 0.6 is 0 Å². The second-order valence-electron chi connectivity index (χ2n) is 5.58. The molecule has 0 saturated heterocycles. The molecule has 2 unspecified atom stereocenters. The highest BCUT2D eigenvalue weighted by Crippen LogP contribution is 2.24. The number of hydrogen-bond acceptors (Lipinski definition) is 3. The van der Waals surface area contributed by atoms with Crippen molar-refractivity contribution >= 4 is 16.9 Å². The van der Waals surface area contributed by atoms with Crippen LogP contribution in [0.2, 0.25) is 0 Å². The molecule has 1 aromatic heterocycles. The van der Waals surface area contributed by atoms with Crippen LogP contribution in [0, 0.1) is 0 Å². The van der Waals surface area contributed by atoms with Gasteiger partial charge in [0.25, 0.3) is 5.91 Å². The van der Waals surface area contributed by atoms with Gasteiger partial charge < -0.3 is 15.1 Å². The van der Waals surface area contributed by atoms with Crippen molar-refractivity contribution in [3.8, 4) is 0 Å². The van der Waals surface area contributed by atoms with Crippen molar-refractivity contribution in [3.63, 3.8) is 0 Å². The van der Waals surface area contributed by atoms with Gasteiger partial charge in [-0.1, -0.05) is 31.0 Å². The fourth-order valence-electron chi connectivity index (χ4n) is 3.03. The average molecular weight is 272 g/mol. The maximum Gasteiger partial charge on any atom is 0.289 e. The molecule has 2 atom stereocenters. The van der Waals surface area contributed by atoms with Gasteiger partial charge in [-0.25, -0.2) is 0 Å². The third-order valence-corrected chi connectivity index (χ3v) is 4.24. The lowest BCUT2D eigenvalue weighted by atomic mass is 9.90. The lowest BCUT2D eigenvalue weighted by Gasteiger charge is -2.35. The monoisotopic (exact) mass is 272 g/mol. The van der Waals surface area contributed by atoms with Gasteiger partial charge in [0.15, 0.2) is 5.76 Å². The van der Waals surface area contributed by atoms with Crippen LogP contribution in [0.4, 0.5) is 0 Å². The average Bonchev–Trinajstić information content (AvgIpc) is 2.90. The number of benzene rings is 1. The molecule has 0 spiro atoms. The molecule has 1 saturated carbocycles. The predicted octanol–water partition coefficient (Wildman–Crippen LogP) is 2.77. The topological polar surface area (TPSA) is 59.5 Å². The van der Waals surface area contributed by atoms with E-state index in [1.807, 2.05) is 37.4 Å². The molecular formula is C16H20N2O2. The minimum Gasteiger partial charge on any atom is -0.451 e. The molecular weight excluding hydrogens is 252 g/mol. The van der Waals surface area contributed by atoms with E-state index in [9.17, 15) is 4.79 Å². The van der Waals surface area contributed by atoms with Crippen molar-refractivity contribution in [1.82, 2.24) is 4.90 Å². The van der Waals surface area contributed by atoms with Gasteiger partial charge in [0, 0.05) is 24.5 Å². The number of hydrogen-bond donors (Lipinski definition) is 1. The zero-order chi connectivity index (χ0) is 14.1. The predicted molar refractivity (Wildman–Crippen MR) is 78.5 cm³/mol. The van der Waals surface area contributed by atoms with Crippen LogP contribution in [0.5, 0.6) is 0 Å². The number of nitrogens with zero attached hydrogens (tertiary/aromatic N) is 1. The molecule has 1 fully saturated rings. The Morgan fingerprint density at radius 3 is 2.80 bits per heavy atom. The zero-order valence-corrected chi connectivity index (χ0v) is 11.7. The molecule has 1 amide bonds. The summed E-state index contributed by atoms with van der Waals surface area (Å²) in [6.07, 6.45) is 4.26. The lowest BCUT2D eigenvalue weighted by molar-refractivity contribution is 0.0642. The summed E-state index contributed by atoms with van der Waals surface area (Å²) in [6, 6.07) is 9.66. The van der Waals surface area contributed by atoms with Crippen molar-refractivity contribution in [2.75, 3.05) is 7.05 Å². The van der Waals surface area contributed by atoms with Crippen molar-refractivity contribution in [3.05, 3.63) is 36.1 Å². The van der Waals surface area contributed by atoms with Gasteiger partial charge in [-0.15, -0.1) is 0 Å². The van der Waals surface area contributed by atoms with Crippen LogP contribution in [0.3, 0.4) is 0 Å². The van der Waals surface area contributed by atoms with Crippen molar-refractivity contribution in [2.24, 2.45) is 5.73 Å². The van der Waals surface area contributed by atoms with Crippen LogP contribution < -0.4 is 5.73 Å². The van der Waals surface area contributed by atoms with Crippen LogP contribution in [-0.4, -0.2) is 29.9 Å². The largest absolute Gasteiger partial charge is 0.451 e. The highest BCUT2D eigenvalue weighted by Gasteiger charge is 2.30. The Kier molecular flexibility index (Phi) is 3.49. The van der Waals surface area contributed by atoms with E-state index in [1.165, 1.54) is 0 Å². The Labute approximate surface area is 118 Å². The van der Waals surface area contributed by atoms with Crippen LogP contribution in [0.25, 0.3) is 11.0 Å². The second-order valence-corrected chi connectivity index (χ2v) is 5.58. The quantitative estimate of drug-likeness (QED) is 0.914. The Hall–Kier alpha value is -1.81. The number of amides is 1. The summed E-state index contributed by atoms with van der Waals surface area (Å²) in [5.74, 6) is 0.315. The smallest absolute Gasteiger partial charge is 0.289 e. The number of carbonyl (C=O) groups is 1. The summed E-state index contributed by atoms with van der Waals surface area (Å²) >= 11 is 0. The highest BCUT2D eigenvalue weighted by molar-refractivity contribution is 5.96. The van der Waals surface area contributed by atoms with E-state index in [2.05, 4.69) is 0 Å². The number of para-hydroxylation sites is 1. The highest BCUT2D eigenvalue weighted by atomic mass is 16.3. The van der Waals surface area contributed by atoms with Gasteiger partial charge in [0.05, 0.1) is 0 Å². The van der Waals surface area contributed by atoms with Crippen LogP contribution in [0.1, 0.15) is 36.2 Å². The fraction of sp³-hybridized carbons (Fsp3) is 0.438. The van der Waals surface area contributed by atoms with E-state index < -0.39 is 0 Å². The molecule has 106 valence electrons. The Bertz CT molecular complexity index is 587. The first-order valence-corrected chi connectivity index (χ1v) is 7.18. The van der Waals surface area contributed by atoms with E-state index in [-0.39, 0.29) is 18.0 Å². The molecule has 0 aliphatic heterocycles. The second kappa shape index (κ2) is 5.29. The van der Waals surface area contributed by atoms with E-state index in [0.29, 0.717) is 5.76 Å². The number of likely N-dealkylation sites (N-methyl/N-ethyl adjacent to an activating group) is 1.